The minimum Gasteiger partial charge on any atom is -0.367 e. The van der Waals surface area contributed by atoms with Gasteiger partial charge < -0.3 is 10.3 Å². The standard InChI is InChI=1S/C16H12Br2N2O/c1-9-5-11(8-13(18)6-9)15-14(16(19)21-20-15)10-3-2-4-12(17)7-10/h2-8H,19H2,1H3. The first-order valence-corrected chi connectivity index (χ1v) is 7.92. The van der Waals surface area contributed by atoms with Crippen molar-refractivity contribution in [3.8, 4) is 22.4 Å². The van der Waals surface area contributed by atoms with Crippen LogP contribution in [0.1, 0.15) is 5.56 Å². The number of benzene rings is 2. The Morgan fingerprint density at radius 1 is 1.00 bits per heavy atom. The summed E-state index contributed by atoms with van der Waals surface area (Å²) in [5.74, 6) is 0.320. The molecule has 0 radical (unpaired) electrons. The molecule has 2 N–H and O–H groups in total. The van der Waals surface area contributed by atoms with Crippen LogP contribution in [0.4, 0.5) is 5.88 Å². The van der Waals surface area contributed by atoms with Gasteiger partial charge in [0.2, 0.25) is 5.88 Å². The summed E-state index contributed by atoms with van der Waals surface area (Å²) in [6, 6.07) is 14.0. The molecule has 1 aromatic heterocycles. The maximum atomic E-state index is 5.98. The van der Waals surface area contributed by atoms with Gasteiger partial charge in [0.25, 0.3) is 0 Å². The Balaban J connectivity index is 2.21. The van der Waals surface area contributed by atoms with Gasteiger partial charge in [-0.15, -0.1) is 0 Å². The van der Waals surface area contributed by atoms with E-state index in [4.69, 9.17) is 10.3 Å². The summed E-state index contributed by atoms with van der Waals surface area (Å²) in [4.78, 5) is 0. The minimum atomic E-state index is 0.320. The van der Waals surface area contributed by atoms with Crippen LogP contribution in [0.3, 0.4) is 0 Å². The molecule has 106 valence electrons. The molecule has 0 spiro atoms. The molecule has 0 atom stereocenters. The van der Waals surface area contributed by atoms with Gasteiger partial charge in [-0.05, 0) is 48.4 Å². The van der Waals surface area contributed by atoms with Crippen molar-refractivity contribution in [2.75, 3.05) is 5.73 Å². The molecule has 3 nitrogen and oxygen atoms in total. The lowest BCUT2D eigenvalue weighted by Crippen LogP contribution is -1.88. The molecule has 1 heterocycles. The summed E-state index contributed by atoms with van der Waals surface area (Å²) in [5, 5.41) is 4.14. The average molecular weight is 408 g/mol. The van der Waals surface area contributed by atoms with Crippen LogP contribution in [0.15, 0.2) is 55.9 Å². The molecule has 3 aromatic rings. The van der Waals surface area contributed by atoms with E-state index in [1.165, 1.54) is 0 Å². The Hall–Kier alpha value is -1.59. The Kier molecular flexibility index (Phi) is 3.87. The first kappa shape index (κ1) is 14.4. The van der Waals surface area contributed by atoms with E-state index in [0.717, 1.165) is 36.9 Å². The van der Waals surface area contributed by atoms with E-state index in [1.54, 1.807) is 0 Å². The SMILES string of the molecule is Cc1cc(Br)cc(-c2noc(N)c2-c2cccc(Br)c2)c1. The zero-order chi connectivity index (χ0) is 15.0. The van der Waals surface area contributed by atoms with Crippen molar-refractivity contribution in [2.45, 2.75) is 6.92 Å². The number of anilines is 1. The molecule has 0 amide bonds. The molecule has 21 heavy (non-hydrogen) atoms. The van der Waals surface area contributed by atoms with Crippen LogP contribution in [0.25, 0.3) is 22.4 Å². The molecule has 5 heteroatoms. The van der Waals surface area contributed by atoms with Gasteiger partial charge in [-0.25, -0.2) is 0 Å². The summed E-state index contributed by atoms with van der Waals surface area (Å²) >= 11 is 6.99. The highest BCUT2D eigenvalue weighted by atomic mass is 79.9. The number of aromatic nitrogens is 1. The highest BCUT2D eigenvalue weighted by Crippen LogP contribution is 2.38. The van der Waals surface area contributed by atoms with Crippen LogP contribution in [-0.2, 0) is 0 Å². The van der Waals surface area contributed by atoms with Gasteiger partial charge in [0, 0.05) is 14.5 Å². The van der Waals surface area contributed by atoms with Gasteiger partial charge in [-0.2, -0.15) is 0 Å². The fraction of sp³-hybridized carbons (Fsp3) is 0.0625. The van der Waals surface area contributed by atoms with Crippen molar-refractivity contribution < 1.29 is 4.52 Å². The van der Waals surface area contributed by atoms with Crippen molar-refractivity contribution in [3.05, 3.63) is 57.0 Å². The third-order valence-electron chi connectivity index (χ3n) is 3.15. The Bertz CT molecular complexity index is 792. The van der Waals surface area contributed by atoms with Crippen LogP contribution in [0, 0.1) is 6.92 Å². The predicted molar refractivity (Wildman–Crippen MR) is 91.9 cm³/mol. The van der Waals surface area contributed by atoms with Crippen molar-refractivity contribution in [2.24, 2.45) is 0 Å². The number of halogens is 2. The first-order valence-electron chi connectivity index (χ1n) is 6.33. The van der Waals surface area contributed by atoms with Crippen LogP contribution in [-0.4, -0.2) is 5.16 Å². The predicted octanol–water partition coefficient (Wildman–Crippen LogP) is 5.42. The molecule has 0 unspecified atom stereocenters. The number of hydrogen-bond acceptors (Lipinski definition) is 3. The third kappa shape index (κ3) is 2.89. The zero-order valence-electron chi connectivity index (χ0n) is 11.2. The zero-order valence-corrected chi connectivity index (χ0v) is 14.4. The lowest BCUT2D eigenvalue weighted by atomic mass is 10.00. The van der Waals surface area contributed by atoms with E-state index in [2.05, 4.69) is 43.1 Å². The normalized spacial score (nSPS) is 10.8. The maximum Gasteiger partial charge on any atom is 0.230 e. The number of hydrogen-bond donors (Lipinski definition) is 1. The van der Waals surface area contributed by atoms with Crippen LogP contribution < -0.4 is 5.73 Å². The maximum absolute atomic E-state index is 5.98. The fourth-order valence-corrected chi connectivity index (χ4v) is 3.30. The molecule has 0 aliphatic heterocycles. The quantitative estimate of drug-likeness (QED) is 0.616. The monoisotopic (exact) mass is 406 g/mol. The molecule has 2 aromatic carbocycles. The molecule has 0 bridgehead atoms. The number of aryl methyl sites for hydroxylation is 1. The largest absolute Gasteiger partial charge is 0.367 e. The van der Waals surface area contributed by atoms with Gasteiger partial charge in [0.15, 0.2) is 0 Å². The summed E-state index contributed by atoms with van der Waals surface area (Å²) in [6.45, 7) is 2.04. The molecular formula is C16H12Br2N2O. The topological polar surface area (TPSA) is 52.0 Å². The van der Waals surface area contributed by atoms with Gasteiger partial charge in [-0.1, -0.05) is 49.1 Å². The van der Waals surface area contributed by atoms with Crippen molar-refractivity contribution in [1.29, 1.82) is 0 Å². The smallest absolute Gasteiger partial charge is 0.230 e. The lowest BCUT2D eigenvalue weighted by molar-refractivity contribution is 0.439. The molecule has 0 fully saturated rings. The average Bonchev–Trinajstić information content (AvgIpc) is 2.79. The summed E-state index contributed by atoms with van der Waals surface area (Å²) < 4.78 is 7.20. The van der Waals surface area contributed by atoms with E-state index in [9.17, 15) is 0 Å². The highest BCUT2D eigenvalue weighted by molar-refractivity contribution is 9.10. The number of nitrogens with zero attached hydrogens (tertiary/aromatic N) is 1. The summed E-state index contributed by atoms with van der Waals surface area (Å²) in [5.41, 5.74) is 10.6. The Morgan fingerprint density at radius 3 is 2.48 bits per heavy atom. The van der Waals surface area contributed by atoms with E-state index in [0.29, 0.717) is 5.88 Å². The van der Waals surface area contributed by atoms with Gasteiger partial charge in [-0.3, -0.25) is 0 Å². The Labute approximate surface area is 139 Å². The molecular weight excluding hydrogens is 396 g/mol. The second-order valence-electron chi connectivity index (χ2n) is 4.80. The van der Waals surface area contributed by atoms with Gasteiger partial charge in [0.05, 0.1) is 5.56 Å². The number of rotatable bonds is 2. The lowest BCUT2D eigenvalue weighted by Gasteiger charge is -2.05. The second-order valence-corrected chi connectivity index (χ2v) is 6.63. The molecule has 0 aliphatic carbocycles. The fourth-order valence-electron chi connectivity index (χ4n) is 2.30. The third-order valence-corrected chi connectivity index (χ3v) is 4.10. The number of nitrogens with two attached hydrogens (primary N) is 1. The van der Waals surface area contributed by atoms with E-state index in [1.807, 2.05) is 43.3 Å². The minimum absolute atomic E-state index is 0.320. The van der Waals surface area contributed by atoms with Gasteiger partial charge >= 0.3 is 0 Å². The number of nitrogen functional groups attached to an aromatic ring is 1. The molecule has 0 aliphatic rings. The summed E-state index contributed by atoms with van der Waals surface area (Å²) in [6.07, 6.45) is 0. The van der Waals surface area contributed by atoms with Crippen molar-refractivity contribution in [3.63, 3.8) is 0 Å². The molecule has 0 saturated heterocycles. The van der Waals surface area contributed by atoms with E-state index < -0.39 is 0 Å². The molecule has 0 saturated carbocycles. The van der Waals surface area contributed by atoms with Crippen LogP contribution in [0.2, 0.25) is 0 Å². The second kappa shape index (κ2) is 5.66. The van der Waals surface area contributed by atoms with Crippen LogP contribution >= 0.6 is 31.9 Å². The van der Waals surface area contributed by atoms with Gasteiger partial charge in [0.1, 0.15) is 5.69 Å². The van der Waals surface area contributed by atoms with Crippen molar-refractivity contribution >= 4 is 37.7 Å². The van der Waals surface area contributed by atoms with Crippen LogP contribution in [0.5, 0.6) is 0 Å². The molecule has 3 rings (SSSR count). The van der Waals surface area contributed by atoms with E-state index in [-0.39, 0.29) is 0 Å². The Morgan fingerprint density at radius 2 is 1.76 bits per heavy atom. The first-order chi connectivity index (χ1) is 10.0. The van der Waals surface area contributed by atoms with Crippen molar-refractivity contribution in [1.82, 2.24) is 5.16 Å². The summed E-state index contributed by atoms with van der Waals surface area (Å²) in [7, 11) is 0. The highest BCUT2D eigenvalue weighted by Gasteiger charge is 2.18. The van der Waals surface area contributed by atoms with E-state index >= 15 is 0 Å².